The molecule has 0 aliphatic heterocycles. The summed E-state index contributed by atoms with van der Waals surface area (Å²) in [5, 5.41) is 3.05. The van der Waals surface area contributed by atoms with Crippen LogP contribution >= 0.6 is 0 Å². The number of nitrogens with one attached hydrogen (secondary N) is 1. The first-order valence-electron chi connectivity index (χ1n) is 3.37. The molecule has 0 saturated carbocycles. The number of anilines is 1. The molecule has 1 N–H and O–H groups in total. The molecule has 0 unspecified atom stereocenters. The molecule has 10 heavy (non-hydrogen) atoms. The molecule has 1 aromatic rings. The maximum absolute atomic E-state index is 5.17. The fourth-order valence-electron chi connectivity index (χ4n) is 0.668. The van der Waals surface area contributed by atoms with Gasteiger partial charge in [-0.3, -0.25) is 0 Å². The quantitative estimate of drug-likeness (QED) is 0.680. The third-order valence-corrected chi connectivity index (χ3v) is 1.03. The van der Waals surface area contributed by atoms with Crippen molar-refractivity contribution < 1.29 is 4.42 Å². The Hall–Kier alpha value is -0.990. The summed E-state index contributed by atoms with van der Waals surface area (Å²) in [6, 6.07) is 0.977. The number of aryl methyl sites for hydroxylation is 1. The van der Waals surface area contributed by atoms with E-state index in [1.807, 2.05) is 20.8 Å². The van der Waals surface area contributed by atoms with Gasteiger partial charge in [0, 0.05) is 6.04 Å². The first-order valence-corrected chi connectivity index (χ1v) is 3.37. The molecule has 0 spiro atoms. The van der Waals surface area contributed by atoms with Crippen LogP contribution in [0.25, 0.3) is 0 Å². The molecule has 56 valence electrons. The molecular formula is C7H12N2O. The highest BCUT2D eigenvalue weighted by molar-refractivity contribution is 5.20. The van der Waals surface area contributed by atoms with Gasteiger partial charge >= 0.3 is 0 Å². The maximum atomic E-state index is 5.17. The zero-order chi connectivity index (χ0) is 7.56. The second kappa shape index (κ2) is 2.73. The third kappa shape index (κ3) is 1.76. The van der Waals surface area contributed by atoms with Crippen molar-refractivity contribution in [3.8, 4) is 0 Å². The summed E-state index contributed by atoms with van der Waals surface area (Å²) in [6.45, 7) is 5.96. The second-order valence-electron chi connectivity index (χ2n) is 2.58. The van der Waals surface area contributed by atoms with E-state index in [0.29, 0.717) is 12.1 Å². The molecule has 0 fully saturated rings. The van der Waals surface area contributed by atoms with Crippen molar-refractivity contribution in [1.29, 1.82) is 0 Å². The number of oxazole rings is 1. The van der Waals surface area contributed by atoms with Crippen molar-refractivity contribution in [3.63, 3.8) is 0 Å². The lowest BCUT2D eigenvalue weighted by molar-refractivity contribution is 0.535. The van der Waals surface area contributed by atoms with Crippen LogP contribution in [-0.2, 0) is 0 Å². The Morgan fingerprint density at radius 1 is 1.60 bits per heavy atom. The minimum atomic E-state index is 0.373. The van der Waals surface area contributed by atoms with Crippen molar-refractivity contribution in [2.45, 2.75) is 26.8 Å². The molecule has 3 nitrogen and oxygen atoms in total. The molecular weight excluding hydrogens is 128 g/mol. The highest BCUT2D eigenvalue weighted by Gasteiger charge is 1.99. The van der Waals surface area contributed by atoms with E-state index >= 15 is 0 Å². The highest BCUT2D eigenvalue weighted by atomic mass is 16.4. The Morgan fingerprint density at radius 2 is 2.30 bits per heavy atom. The van der Waals surface area contributed by atoms with E-state index in [-0.39, 0.29) is 0 Å². The fourth-order valence-corrected chi connectivity index (χ4v) is 0.668. The van der Waals surface area contributed by atoms with Crippen LogP contribution in [0.3, 0.4) is 0 Å². The van der Waals surface area contributed by atoms with Gasteiger partial charge in [-0.1, -0.05) is 0 Å². The van der Waals surface area contributed by atoms with Gasteiger partial charge in [0.15, 0.2) is 0 Å². The summed E-state index contributed by atoms with van der Waals surface area (Å²) in [4.78, 5) is 3.98. The third-order valence-electron chi connectivity index (χ3n) is 1.03. The monoisotopic (exact) mass is 140 g/mol. The molecule has 1 heterocycles. The van der Waals surface area contributed by atoms with Gasteiger partial charge in [0.1, 0.15) is 5.76 Å². The van der Waals surface area contributed by atoms with Gasteiger partial charge in [-0.05, 0) is 20.8 Å². The van der Waals surface area contributed by atoms with Gasteiger partial charge < -0.3 is 9.73 Å². The Morgan fingerprint density at radius 3 is 2.70 bits per heavy atom. The highest BCUT2D eigenvalue weighted by Crippen LogP contribution is 2.07. The SMILES string of the molecule is Cc1cnc(NC(C)C)o1. The van der Waals surface area contributed by atoms with Crippen LogP contribution in [-0.4, -0.2) is 11.0 Å². The minimum Gasteiger partial charge on any atom is -0.429 e. The van der Waals surface area contributed by atoms with E-state index in [9.17, 15) is 0 Å². The summed E-state index contributed by atoms with van der Waals surface area (Å²) in [6.07, 6.45) is 1.70. The van der Waals surface area contributed by atoms with Crippen LogP contribution in [0.4, 0.5) is 6.01 Å². The van der Waals surface area contributed by atoms with Gasteiger partial charge in [0.05, 0.1) is 6.20 Å². The summed E-state index contributed by atoms with van der Waals surface area (Å²) in [7, 11) is 0. The zero-order valence-electron chi connectivity index (χ0n) is 6.51. The zero-order valence-corrected chi connectivity index (χ0v) is 6.51. The average Bonchev–Trinajstić information content (AvgIpc) is 2.13. The molecule has 1 rings (SSSR count). The van der Waals surface area contributed by atoms with E-state index < -0.39 is 0 Å². The van der Waals surface area contributed by atoms with Crippen molar-refractivity contribution in [2.24, 2.45) is 0 Å². The smallest absolute Gasteiger partial charge is 0.294 e. The fraction of sp³-hybridized carbons (Fsp3) is 0.571. The number of nitrogens with zero attached hydrogens (tertiary/aromatic N) is 1. The second-order valence-corrected chi connectivity index (χ2v) is 2.58. The van der Waals surface area contributed by atoms with Gasteiger partial charge in [-0.2, -0.15) is 0 Å². The predicted molar refractivity (Wildman–Crippen MR) is 40.0 cm³/mol. The maximum Gasteiger partial charge on any atom is 0.294 e. The molecule has 0 saturated heterocycles. The van der Waals surface area contributed by atoms with E-state index in [2.05, 4.69) is 10.3 Å². The van der Waals surface area contributed by atoms with E-state index in [1.165, 1.54) is 0 Å². The van der Waals surface area contributed by atoms with Gasteiger partial charge in [0.2, 0.25) is 0 Å². The summed E-state index contributed by atoms with van der Waals surface area (Å²) >= 11 is 0. The lowest BCUT2D eigenvalue weighted by Crippen LogP contribution is -2.09. The Kier molecular flexibility index (Phi) is 1.94. The van der Waals surface area contributed by atoms with Crippen molar-refractivity contribution in [2.75, 3.05) is 5.32 Å². The molecule has 0 bridgehead atoms. The Labute approximate surface area is 60.5 Å². The largest absolute Gasteiger partial charge is 0.429 e. The van der Waals surface area contributed by atoms with E-state index in [4.69, 9.17) is 4.42 Å². The van der Waals surface area contributed by atoms with E-state index in [1.54, 1.807) is 6.20 Å². The minimum absolute atomic E-state index is 0.373. The number of aromatic nitrogens is 1. The first kappa shape index (κ1) is 7.12. The molecule has 3 heteroatoms. The van der Waals surface area contributed by atoms with Gasteiger partial charge in [0.25, 0.3) is 6.01 Å². The molecule has 0 atom stereocenters. The molecule has 0 aliphatic rings. The molecule has 0 aliphatic carbocycles. The topological polar surface area (TPSA) is 38.1 Å². The van der Waals surface area contributed by atoms with Crippen LogP contribution in [0.15, 0.2) is 10.6 Å². The van der Waals surface area contributed by atoms with Crippen LogP contribution in [0.1, 0.15) is 19.6 Å². The Balaban J connectivity index is 2.58. The Bertz CT molecular complexity index is 205. The lowest BCUT2D eigenvalue weighted by Gasteiger charge is -2.02. The van der Waals surface area contributed by atoms with Crippen molar-refractivity contribution in [1.82, 2.24) is 4.98 Å². The lowest BCUT2D eigenvalue weighted by atomic mass is 10.4. The number of rotatable bonds is 2. The van der Waals surface area contributed by atoms with Gasteiger partial charge in [-0.25, -0.2) is 4.98 Å². The van der Waals surface area contributed by atoms with Crippen LogP contribution in [0.5, 0.6) is 0 Å². The van der Waals surface area contributed by atoms with Crippen LogP contribution in [0.2, 0.25) is 0 Å². The first-order chi connectivity index (χ1) is 4.68. The molecule has 1 aromatic heterocycles. The average molecular weight is 140 g/mol. The number of hydrogen-bond donors (Lipinski definition) is 1. The van der Waals surface area contributed by atoms with Crippen LogP contribution in [0, 0.1) is 6.92 Å². The summed E-state index contributed by atoms with van der Waals surface area (Å²) < 4.78 is 5.17. The molecule has 0 amide bonds. The van der Waals surface area contributed by atoms with Gasteiger partial charge in [-0.15, -0.1) is 0 Å². The van der Waals surface area contributed by atoms with E-state index in [0.717, 1.165) is 5.76 Å². The van der Waals surface area contributed by atoms with Crippen LogP contribution < -0.4 is 5.32 Å². The normalized spacial score (nSPS) is 10.4. The predicted octanol–water partition coefficient (Wildman–Crippen LogP) is 1.80. The number of hydrogen-bond acceptors (Lipinski definition) is 3. The van der Waals surface area contributed by atoms with Crippen molar-refractivity contribution >= 4 is 6.01 Å². The standard InChI is InChI=1S/C7H12N2O/c1-5(2)9-7-8-4-6(3)10-7/h4-5H,1-3H3,(H,8,9). The summed E-state index contributed by atoms with van der Waals surface area (Å²) in [5.74, 6) is 0.836. The molecule has 0 aromatic carbocycles. The summed E-state index contributed by atoms with van der Waals surface area (Å²) in [5.41, 5.74) is 0. The molecule has 0 radical (unpaired) electrons. The van der Waals surface area contributed by atoms with Crippen molar-refractivity contribution in [3.05, 3.63) is 12.0 Å².